The molecular weight excluding hydrogens is 258 g/mol. The van der Waals surface area contributed by atoms with Gasteiger partial charge in [0.05, 0.1) is 0 Å². The molecule has 0 amide bonds. The monoisotopic (exact) mass is 282 g/mol. The third kappa shape index (κ3) is 3.76. The highest BCUT2D eigenvalue weighted by molar-refractivity contribution is 5.22. The first kappa shape index (κ1) is 15.4. The zero-order chi connectivity index (χ0) is 14.7. The van der Waals surface area contributed by atoms with Gasteiger partial charge in [-0.1, -0.05) is 19.8 Å². The molecule has 0 saturated heterocycles. The van der Waals surface area contributed by atoms with Crippen LogP contribution in [-0.4, -0.2) is 24.5 Å². The second-order valence-electron chi connectivity index (χ2n) is 6.14. The summed E-state index contributed by atoms with van der Waals surface area (Å²) >= 11 is 0. The van der Waals surface area contributed by atoms with E-state index < -0.39 is 17.7 Å². The van der Waals surface area contributed by atoms with E-state index in [1.165, 1.54) is 25.3 Å². The number of nitrogens with zero attached hydrogens (tertiary/aromatic N) is 1. The average Bonchev–Trinajstić information content (AvgIpc) is 2.41. The van der Waals surface area contributed by atoms with Crippen molar-refractivity contribution in [2.75, 3.05) is 13.6 Å². The van der Waals surface area contributed by atoms with E-state index in [-0.39, 0.29) is 5.56 Å². The number of hydrogen-bond donors (Lipinski definition) is 1. The predicted molar refractivity (Wildman–Crippen MR) is 77.3 cm³/mol. The van der Waals surface area contributed by atoms with Crippen molar-refractivity contribution in [3.8, 4) is 0 Å². The van der Waals surface area contributed by atoms with E-state index in [1.807, 2.05) is 7.05 Å². The molecule has 3 atom stereocenters. The minimum atomic E-state index is -0.493. The highest BCUT2D eigenvalue weighted by atomic mass is 19.1. The maximum Gasteiger partial charge on any atom is 0.128 e. The van der Waals surface area contributed by atoms with Crippen LogP contribution in [0, 0.1) is 17.6 Å². The van der Waals surface area contributed by atoms with E-state index in [0.717, 1.165) is 24.5 Å². The topological polar surface area (TPSA) is 29.3 Å². The summed E-state index contributed by atoms with van der Waals surface area (Å²) < 4.78 is 26.9. The molecule has 20 heavy (non-hydrogen) atoms. The molecule has 0 bridgehead atoms. The molecule has 1 aromatic carbocycles. The van der Waals surface area contributed by atoms with Crippen LogP contribution in [0.1, 0.15) is 44.2 Å². The van der Waals surface area contributed by atoms with E-state index in [0.29, 0.717) is 12.6 Å². The van der Waals surface area contributed by atoms with Gasteiger partial charge in [-0.05, 0) is 44.0 Å². The van der Waals surface area contributed by atoms with Crippen LogP contribution in [0.2, 0.25) is 0 Å². The van der Waals surface area contributed by atoms with Gasteiger partial charge in [0.2, 0.25) is 0 Å². The van der Waals surface area contributed by atoms with Crippen LogP contribution in [0.3, 0.4) is 0 Å². The molecule has 4 heteroatoms. The summed E-state index contributed by atoms with van der Waals surface area (Å²) in [5.41, 5.74) is 6.32. The van der Waals surface area contributed by atoms with Crippen LogP contribution in [-0.2, 0) is 0 Å². The molecule has 2 N–H and O–H groups in total. The highest BCUT2D eigenvalue weighted by Gasteiger charge is 2.24. The zero-order valence-electron chi connectivity index (χ0n) is 12.3. The van der Waals surface area contributed by atoms with Crippen molar-refractivity contribution in [2.45, 2.75) is 44.7 Å². The fraction of sp³-hybridized carbons (Fsp3) is 0.625. The predicted octanol–water partition coefficient (Wildman–Crippen LogP) is 3.48. The molecule has 3 unspecified atom stereocenters. The van der Waals surface area contributed by atoms with Crippen molar-refractivity contribution >= 4 is 0 Å². The fourth-order valence-electron chi connectivity index (χ4n) is 3.16. The van der Waals surface area contributed by atoms with Crippen molar-refractivity contribution in [2.24, 2.45) is 11.7 Å². The number of benzene rings is 1. The average molecular weight is 282 g/mol. The molecule has 0 spiro atoms. The van der Waals surface area contributed by atoms with Gasteiger partial charge in [-0.15, -0.1) is 0 Å². The van der Waals surface area contributed by atoms with Gasteiger partial charge >= 0.3 is 0 Å². The lowest BCUT2D eigenvalue weighted by molar-refractivity contribution is 0.156. The minimum absolute atomic E-state index is 0.265. The maximum atomic E-state index is 13.7. The van der Waals surface area contributed by atoms with Crippen LogP contribution >= 0.6 is 0 Å². The maximum absolute atomic E-state index is 13.7. The Hall–Kier alpha value is -1.00. The summed E-state index contributed by atoms with van der Waals surface area (Å²) in [5.74, 6) is -0.131. The van der Waals surface area contributed by atoms with Gasteiger partial charge in [0, 0.05) is 24.2 Å². The van der Waals surface area contributed by atoms with Crippen molar-refractivity contribution in [1.82, 2.24) is 4.90 Å². The van der Waals surface area contributed by atoms with Gasteiger partial charge in [0.1, 0.15) is 11.6 Å². The Labute approximate surface area is 120 Å². The number of nitrogens with two attached hydrogens (primary N) is 1. The Morgan fingerprint density at radius 3 is 2.80 bits per heavy atom. The first-order chi connectivity index (χ1) is 9.47. The Bertz CT molecular complexity index is 450. The number of hydrogen-bond acceptors (Lipinski definition) is 2. The summed E-state index contributed by atoms with van der Waals surface area (Å²) in [6, 6.07) is 3.48. The normalized spacial score (nSPS) is 24.9. The summed E-state index contributed by atoms with van der Waals surface area (Å²) in [4.78, 5) is 2.20. The number of likely N-dealkylation sites (N-methyl/N-ethyl adjacent to an activating group) is 1. The van der Waals surface area contributed by atoms with Crippen LogP contribution < -0.4 is 5.73 Å². The number of rotatable bonds is 4. The second-order valence-corrected chi connectivity index (χ2v) is 6.14. The molecule has 2 nitrogen and oxygen atoms in total. The Morgan fingerprint density at radius 1 is 1.35 bits per heavy atom. The molecular formula is C16H24F2N2. The van der Waals surface area contributed by atoms with Gasteiger partial charge in [0.25, 0.3) is 0 Å². The summed E-state index contributed by atoms with van der Waals surface area (Å²) in [7, 11) is 2.03. The Kier molecular flexibility index (Phi) is 5.11. The van der Waals surface area contributed by atoms with Crippen molar-refractivity contribution in [3.05, 3.63) is 35.4 Å². The van der Waals surface area contributed by atoms with Gasteiger partial charge in [-0.25, -0.2) is 8.78 Å². The lowest BCUT2D eigenvalue weighted by atomic mass is 9.86. The van der Waals surface area contributed by atoms with Gasteiger partial charge in [-0.3, -0.25) is 0 Å². The first-order valence-corrected chi connectivity index (χ1v) is 7.38. The van der Waals surface area contributed by atoms with Gasteiger partial charge in [-0.2, -0.15) is 0 Å². The summed E-state index contributed by atoms with van der Waals surface area (Å²) in [5, 5.41) is 0. The molecule has 0 aliphatic heterocycles. The molecule has 1 saturated carbocycles. The van der Waals surface area contributed by atoms with Crippen LogP contribution in [0.25, 0.3) is 0 Å². The van der Waals surface area contributed by atoms with E-state index >= 15 is 0 Å². The molecule has 1 aliphatic carbocycles. The largest absolute Gasteiger partial charge is 0.323 e. The molecule has 0 radical (unpaired) electrons. The van der Waals surface area contributed by atoms with Gasteiger partial charge in [0.15, 0.2) is 0 Å². The molecule has 1 fully saturated rings. The van der Waals surface area contributed by atoms with Crippen molar-refractivity contribution in [3.63, 3.8) is 0 Å². The zero-order valence-corrected chi connectivity index (χ0v) is 12.3. The Balaban J connectivity index is 1.99. The quantitative estimate of drug-likeness (QED) is 0.916. The lowest BCUT2D eigenvalue weighted by Crippen LogP contribution is -2.40. The molecule has 112 valence electrons. The minimum Gasteiger partial charge on any atom is -0.323 e. The highest BCUT2D eigenvalue weighted by Crippen LogP contribution is 2.27. The molecule has 0 aromatic heterocycles. The summed E-state index contributed by atoms with van der Waals surface area (Å²) in [6.45, 7) is 2.82. The van der Waals surface area contributed by atoms with E-state index in [1.54, 1.807) is 0 Å². The van der Waals surface area contributed by atoms with Gasteiger partial charge < -0.3 is 10.6 Å². The SMILES string of the molecule is CC1CCCC(N(C)CC(N)c2cc(F)ccc2F)C1. The Morgan fingerprint density at radius 2 is 2.10 bits per heavy atom. The van der Waals surface area contributed by atoms with Crippen LogP contribution in [0.5, 0.6) is 0 Å². The first-order valence-electron chi connectivity index (χ1n) is 7.38. The second kappa shape index (κ2) is 6.64. The van der Waals surface area contributed by atoms with Crippen molar-refractivity contribution in [1.29, 1.82) is 0 Å². The molecule has 1 aromatic rings. The standard InChI is InChI=1S/C16H24F2N2/c1-11-4-3-5-13(8-11)20(2)10-16(19)14-9-12(17)6-7-15(14)18/h6-7,9,11,13,16H,3-5,8,10,19H2,1-2H3. The van der Waals surface area contributed by atoms with Crippen molar-refractivity contribution < 1.29 is 8.78 Å². The van der Waals surface area contributed by atoms with E-state index in [4.69, 9.17) is 5.73 Å². The molecule has 1 aliphatic rings. The summed E-state index contributed by atoms with van der Waals surface area (Å²) in [6.07, 6.45) is 4.85. The van der Waals surface area contributed by atoms with Crippen LogP contribution in [0.15, 0.2) is 18.2 Å². The fourth-order valence-corrected chi connectivity index (χ4v) is 3.16. The molecule has 0 heterocycles. The third-order valence-corrected chi connectivity index (χ3v) is 4.37. The third-order valence-electron chi connectivity index (χ3n) is 4.37. The smallest absolute Gasteiger partial charge is 0.128 e. The molecule has 2 rings (SSSR count). The number of halogens is 2. The lowest BCUT2D eigenvalue weighted by Gasteiger charge is -2.35. The van der Waals surface area contributed by atoms with Crippen LogP contribution in [0.4, 0.5) is 8.78 Å². The van der Waals surface area contributed by atoms with E-state index in [9.17, 15) is 8.78 Å². The van der Waals surface area contributed by atoms with E-state index in [2.05, 4.69) is 11.8 Å².